The van der Waals surface area contributed by atoms with Crippen LogP contribution in [0, 0.1) is 6.92 Å². The van der Waals surface area contributed by atoms with Crippen molar-refractivity contribution < 1.29 is 13.9 Å². The number of nitrogens with one attached hydrogen (secondary N) is 1. The number of hydrogen-bond donors (Lipinski definition) is 1. The van der Waals surface area contributed by atoms with Crippen LogP contribution in [0.3, 0.4) is 0 Å². The Morgan fingerprint density at radius 2 is 2.16 bits per heavy atom. The number of fused-ring (bicyclic) bond motifs is 1. The lowest BCUT2D eigenvalue weighted by Crippen LogP contribution is -2.43. The Bertz CT molecular complexity index is 704. The molecule has 1 N–H and O–H groups in total. The summed E-state index contributed by atoms with van der Waals surface area (Å²) >= 11 is 0. The van der Waals surface area contributed by atoms with Crippen LogP contribution in [0.25, 0.3) is 11.0 Å². The molecule has 1 aromatic carbocycles. The first kappa shape index (κ1) is 18.0. The predicted octanol–water partition coefficient (Wildman–Crippen LogP) is 3.40. The molecule has 1 aliphatic heterocycles. The monoisotopic (exact) mass is 344 g/mol. The van der Waals surface area contributed by atoms with Crippen molar-refractivity contribution in [1.29, 1.82) is 0 Å². The van der Waals surface area contributed by atoms with Crippen LogP contribution in [-0.4, -0.2) is 50.0 Å². The van der Waals surface area contributed by atoms with Gasteiger partial charge in [-0.2, -0.15) is 0 Å². The SMILES string of the molecule is CCN(CCCOc1cccc2oc(C=O)c(C)c12)C1CCNCC1. The van der Waals surface area contributed by atoms with Gasteiger partial charge in [0, 0.05) is 18.2 Å². The first-order valence-electron chi connectivity index (χ1n) is 9.29. The van der Waals surface area contributed by atoms with Crippen molar-refractivity contribution >= 4 is 17.3 Å². The number of ether oxygens (including phenoxy) is 1. The van der Waals surface area contributed by atoms with Gasteiger partial charge in [-0.1, -0.05) is 13.0 Å². The van der Waals surface area contributed by atoms with Crippen LogP contribution < -0.4 is 10.1 Å². The smallest absolute Gasteiger partial charge is 0.185 e. The molecule has 0 saturated carbocycles. The molecule has 3 rings (SSSR count). The van der Waals surface area contributed by atoms with Gasteiger partial charge in [0.25, 0.3) is 0 Å². The summed E-state index contributed by atoms with van der Waals surface area (Å²) in [6.45, 7) is 9.20. The van der Waals surface area contributed by atoms with E-state index in [1.54, 1.807) is 0 Å². The van der Waals surface area contributed by atoms with E-state index in [1.165, 1.54) is 12.8 Å². The molecule has 5 heteroatoms. The van der Waals surface area contributed by atoms with Crippen LogP contribution in [0.5, 0.6) is 5.75 Å². The molecule has 136 valence electrons. The molecule has 1 aromatic heterocycles. The Morgan fingerprint density at radius 1 is 1.36 bits per heavy atom. The standard InChI is InChI=1S/C20H28N2O3/c1-3-22(16-8-10-21-11-9-16)12-5-13-24-17-6-4-7-18-20(17)15(2)19(14-23)25-18/h4,6-7,14,16,21H,3,5,8-13H2,1-2H3. The highest BCUT2D eigenvalue weighted by molar-refractivity contribution is 5.93. The van der Waals surface area contributed by atoms with Crippen LogP contribution in [0.1, 0.15) is 42.3 Å². The minimum absolute atomic E-state index is 0.383. The fourth-order valence-electron chi connectivity index (χ4n) is 3.74. The fourth-order valence-corrected chi connectivity index (χ4v) is 3.74. The summed E-state index contributed by atoms with van der Waals surface area (Å²) < 4.78 is 11.6. The van der Waals surface area contributed by atoms with E-state index in [2.05, 4.69) is 17.1 Å². The number of carbonyl (C=O) groups is 1. The van der Waals surface area contributed by atoms with Gasteiger partial charge in [0.05, 0.1) is 12.0 Å². The molecule has 25 heavy (non-hydrogen) atoms. The van der Waals surface area contributed by atoms with Crippen molar-refractivity contribution in [3.05, 3.63) is 29.5 Å². The Hall–Kier alpha value is -1.85. The summed E-state index contributed by atoms with van der Waals surface area (Å²) in [4.78, 5) is 13.7. The van der Waals surface area contributed by atoms with Crippen LogP contribution >= 0.6 is 0 Å². The Kier molecular flexibility index (Phi) is 6.10. The van der Waals surface area contributed by atoms with Crippen molar-refractivity contribution in [1.82, 2.24) is 10.2 Å². The number of nitrogens with zero attached hydrogens (tertiary/aromatic N) is 1. The van der Waals surface area contributed by atoms with E-state index in [0.29, 0.717) is 24.0 Å². The number of benzene rings is 1. The first-order chi connectivity index (χ1) is 12.2. The van der Waals surface area contributed by atoms with E-state index in [4.69, 9.17) is 9.15 Å². The lowest BCUT2D eigenvalue weighted by Gasteiger charge is -2.33. The minimum Gasteiger partial charge on any atom is -0.493 e. The van der Waals surface area contributed by atoms with Crippen molar-refractivity contribution in [3.8, 4) is 5.75 Å². The highest BCUT2D eigenvalue weighted by Crippen LogP contribution is 2.32. The van der Waals surface area contributed by atoms with Crippen molar-refractivity contribution in [2.45, 2.75) is 39.2 Å². The highest BCUT2D eigenvalue weighted by Gasteiger charge is 2.19. The van der Waals surface area contributed by atoms with Crippen LogP contribution in [0.2, 0.25) is 0 Å². The third kappa shape index (κ3) is 4.05. The molecule has 1 saturated heterocycles. The third-order valence-electron chi connectivity index (χ3n) is 5.14. The number of hydrogen-bond acceptors (Lipinski definition) is 5. The van der Waals surface area contributed by atoms with Gasteiger partial charge < -0.3 is 19.4 Å². The molecule has 0 radical (unpaired) electrons. The van der Waals surface area contributed by atoms with Crippen LogP contribution in [0.15, 0.2) is 22.6 Å². The number of rotatable bonds is 8. The van der Waals surface area contributed by atoms with E-state index >= 15 is 0 Å². The number of piperidine rings is 1. The van der Waals surface area contributed by atoms with Crippen molar-refractivity contribution in [2.24, 2.45) is 0 Å². The van der Waals surface area contributed by atoms with Gasteiger partial charge in [0.2, 0.25) is 0 Å². The van der Waals surface area contributed by atoms with E-state index in [9.17, 15) is 4.79 Å². The second kappa shape index (κ2) is 8.50. The topological polar surface area (TPSA) is 54.7 Å². The zero-order valence-electron chi connectivity index (χ0n) is 15.2. The number of carbonyl (C=O) groups excluding carboxylic acids is 1. The highest BCUT2D eigenvalue weighted by atomic mass is 16.5. The van der Waals surface area contributed by atoms with Gasteiger partial charge in [0.1, 0.15) is 11.3 Å². The molecule has 1 aliphatic rings. The maximum Gasteiger partial charge on any atom is 0.185 e. The summed E-state index contributed by atoms with van der Waals surface area (Å²) in [5.41, 5.74) is 1.56. The summed E-state index contributed by atoms with van der Waals surface area (Å²) in [5, 5.41) is 4.34. The van der Waals surface area contributed by atoms with Crippen LogP contribution in [-0.2, 0) is 0 Å². The Labute approximate surface area is 149 Å². The summed E-state index contributed by atoms with van der Waals surface area (Å²) in [5.74, 6) is 1.19. The van der Waals surface area contributed by atoms with E-state index in [0.717, 1.165) is 55.6 Å². The maximum atomic E-state index is 11.1. The lowest BCUT2D eigenvalue weighted by molar-refractivity contribution is 0.110. The normalized spacial score (nSPS) is 15.8. The average Bonchev–Trinajstić information content (AvgIpc) is 2.99. The lowest BCUT2D eigenvalue weighted by atomic mass is 10.0. The number of aryl methyl sites for hydroxylation is 1. The number of aldehydes is 1. The van der Waals surface area contributed by atoms with Gasteiger partial charge in [-0.05, 0) is 58.0 Å². The number of furan rings is 1. The summed E-state index contributed by atoms with van der Waals surface area (Å²) in [6.07, 6.45) is 4.22. The van der Waals surface area contributed by atoms with Gasteiger partial charge in [-0.3, -0.25) is 4.79 Å². The van der Waals surface area contributed by atoms with Crippen molar-refractivity contribution in [2.75, 3.05) is 32.8 Å². The third-order valence-corrected chi connectivity index (χ3v) is 5.14. The maximum absolute atomic E-state index is 11.1. The van der Waals surface area contributed by atoms with Gasteiger partial charge in [-0.25, -0.2) is 0 Å². The Morgan fingerprint density at radius 3 is 2.88 bits per heavy atom. The van der Waals surface area contributed by atoms with Crippen LogP contribution in [0.4, 0.5) is 0 Å². The van der Waals surface area contributed by atoms with E-state index in [1.807, 2.05) is 25.1 Å². The van der Waals surface area contributed by atoms with Gasteiger partial charge >= 0.3 is 0 Å². The molecule has 0 atom stereocenters. The fraction of sp³-hybridized carbons (Fsp3) is 0.550. The first-order valence-corrected chi connectivity index (χ1v) is 9.29. The molecule has 2 heterocycles. The molecular weight excluding hydrogens is 316 g/mol. The largest absolute Gasteiger partial charge is 0.493 e. The second-order valence-electron chi connectivity index (χ2n) is 6.65. The van der Waals surface area contributed by atoms with Crippen molar-refractivity contribution in [3.63, 3.8) is 0 Å². The molecule has 0 bridgehead atoms. The Balaban J connectivity index is 1.57. The predicted molar refractivity (Wildman–Crippen MR) is 99.6 cm³/mol. The zero-order valence-corrected chi connectivity index (χ0v) is 15.2. The molecule has 0 amide bonds. The molecule has 2 aromatic rings. The molecule has 5 nitrogen and oxygen atoms in total. The quantitative estimate of drug-likeness (QED) is 0.587. The zero-order chi connectivity index (χ0) is 17.6. The molecule has 1 fully saturated rings. The minimum atomic E-state index is 0.383. The molecule has 0 unspecified atom stereocenters. The van der Waals surface area contributed by atoms with Gasteiger partial charge in [-0.15, -0.1) is 0 Å². The average molecular weight is 344 g/mol. The van der Waals surface area contributed by atoms with Gasteiger partial charge in [0.15, 0.2) is 12.0 Å². The molecule has 0 spiro atoms. The van der Waals surface area contributed by atoms with E-state index < -0.39 is 0 Å². The summed E-state index contributed by atoms with van der Waals surface area (Å²) in [6, 6.07) is 6.42. The molecule has 0 aliphatic carbocycles. The van der Waals surface area contributed by atoms with E-state index in [-0.39, 0.29) is 0 Å². The second-order valence-corrected chi connectivity index (χ2v) is 6.65. The summed E-state index contributed by atoms with van der Waals surface area (Å²) in [7, 11) is 0. The molecular formula is C20H28N2O3.